The highest BCUT2D eigenvalue weighted by molar-refractivity contribution is 6.30. The van der Waals surface area contributed by atoms with Crippen LogP contribution >= 0.6 is 11.6 Å². The number of rotatable bonds is 3. The Morgan fingerprint density at radius 1 is 1.64 bits per heavy atom. The topological polar surface area (TPSA) is 72.5 Å². The lowest BCUT2D eigenvalue weighted by atomic mass is 10.1. The minimum Gasteiger partial charge on any atom is -0.496 e. The van der Waals surface area contributed by atoms with Gasteiger partial charge in [0, 0.05) is 10.6 Å². The van der Waals surface area contributed by atoms with Gasteiger partial charge in [0.25, 0.3) is 0 Å². The van der Waals surface area contributed by atoms with Crippen LogP contribution in [0, 0.1) is 0 Å². The molecule has 1 unspecified atom stereocenters. The number of halogens is 1. The molecule has 0 spiro atoms. The fraction of sp³-hybridized carbons (Fsp3) is 0.222. The van der Waals surface area contributed by atoms with Gasteiger partial charge in [-0.05, 0) is 12.1 Å². The molecule has 0 bridgehead atoms. The highest BCUT2D eigenvalue weighted by atomic mass is 35.5. The predicted octanol–water partition coefficient (Wildman–Crippen LogP) is 1.43. The Labute approximate surface area is 86.2 Å². The summed E-state index contributed by atoms with van der Waals surface area (Å²) in [6.07, 6.45) is 0. The molecule has 0 amide bonds. The molecule has 0 aliphatic rings. The summed E-state index contributed by atoms with van der Waals surface area (Å²) in [6.45, 7) is 0. The Bertz CT molecular complexity index is 354. The molecular formula is C9H10ClNO3. The minimum atomic E-state index is -1.11. The number of aliphatic carboxylic acids is 1. The zero-order chi connectivity index (χ0) is 10.7. The molecule has 4 nitrogen and oxygen atoms in total. The van der Waals surface area contributed by atoms with E-state index in [4.69, 9.17) is 27.2 Å². The molecule has 1 rings (SSSR count). The zero-order valence-corrected chi connectivity index (χ0v) is 8.28. The fourth-order valence-corrected chi connectivity index (χ4v) is 1.24. The highest BCUT2D eigenvalue weighted by Gasteiger charge is 2.18. The predicted molar refractivity (Wildman–Crippen MR) is 52.6 cm³/mol. The van der Waals surface area contributed by atoms with Crippen LogP contribution in [0.2, 0.25) is 5.02 Å². The maximum Gasteiger partial charge on any atom is 0.325 e. The third-order valence-corrected chi connectivity index (χ3v) is 2.03. The number of methoxy groups -OCH3 is 1. The number of ether oxygens (including phenoxy) is 1. The maximum absolute atomic E-state index is 10.6. The van der Waals surface area contributed by atoms with Crippen LogP contribution < -0.4 is 10.5 Å². The highest BCUT2D eigenvalue weighted by Crippen LogP contribution is 2.27. The molecule has 1 aromatic carbocycles. The lowest BCUT2D eigenvalue weighted by molar-refractivity contribution is -0.138. The molecule has 0 fully saturated rings. The van der Waals surface area contributed by atoms with E-state index in [0.717, 1.165) is 0 Å². The zero-order valence-electron chi connectivity index (χ0n) is 7.53. The molecule has 0 aliphatic heterocycles. The van der Waals surface area contributed by atoms with Gasteiger partial charge in [0.2, 0.25) is 0 Å². The van der Waals surface area contributed by atoms with Crippen LogP contribution in [0.1, 0.15) is 11.6 Å². The van der Waals surface area contributed by atoms with E-state index in [-0.39, 0.29) is 0 Å². The van der Waals surface area contributed by atoms with Crippen LogP contribution in [-0.4, -0.2) is 18.2 Å². The average Bonchev–Trinajstić information content (AvgIpc) is 2.16. The summed E-state index contributed by atoms with van der Waals surface area (Å²) in [7, 11) is 1.43. The van der Waals surface area contributed by atoms with Gasteiger partial charge in [-0.15, -0.1) is 0 Å². The van der Waals surface area contributed by atoms with Gasteiger partial charge in [0.15, 0.2) is 0 Å². The van der Waals surface area contributed by atoms with Crippen molar-refractivity contribution in [2.24, 2.45) is 5.73 Å². The molecule has 5 heteroatoms. The van der Waals surface area contributed by atoms with Crippen molar-refractivity contribution in [3.05, 3.63) is 28.8 Å². The first-order valence-electron chi connectivity index (χ1n) is 3.88. The van der Waals surface area contributed by atoms with E-state index in [1.165, 1.54) is 13.2 Å². The van der Waals surface area contributed by atoms with Gasteiger partial charge in [-0.25, -0.2) is 0 Å². The van der Waals surface area contributed by atoms with Gasteiger partial charge in [0.05, 0.1) is 7.11 Å². The van der Waals surface area contributed by atoms with Crippen molar-refractivity contribution in [2.75, 3.05) is 7.11 Å². The van der Waals surface area contributed by atoms with Gasteiger partial charge in [0.1, 0.15) is 11.8 Å². The molecule has 0 aliphatic carbocycles. The molecule has 3 N–H and O–H groups in total. The second-order valence-corrected chi connectivity index (χ2v) is 3.14. The number of carboxylic acids is 1. The van der Waals surface area contributed by atoms with Gasteiger partial charge in [-0.1, -0.05) is 17.7 Å². The van der Waals surface area contributed by atoms with E-state index < -0.39 is 12.0 Å². The number of benzene rings is 1. The van der Waals surface area contributed by atoms with Crippen LogP contribution in [0.3, 0.4) is 0 Å². The summed E-state index contributed by atoms with van der Waals surface area (Å²) in [5.74, 6) is -0.724. The Hall–Kier alpha value is -1.26. The van der Waals surface area contributed by atoms with E-state index >= 15 is 0 Å². The second kappa shape index (κ2) is 4.30. The first-order chi connectivity index (χ1) is 6.56. The lowest BCUT2D eigenvalue weighted by Gasteiger charge is -2.11. The summed E-state index contributed by atoms with van der Waals surface area (Å²) in [4.78, 5) is 10.6. The van der Waals surface area contributed by atoms with Crippen LogP contribution in [0.4, 0.5) is 0 Å². The first-order valence-corrected chi connectivity index (χ1v) is 4.26. The number of hydrogen-bond donors (Lipinski definition) is 2. The van der Waals surface area contributed by atoms with Crippen molar-refractivity contribution in [1.29, 1.82) is 0 Å². The molecule has 0 saturated heterocycles. The van der Waals surface area contributed by atoms with E-state index in [2.05, 4.69) is 0 Å². The summed E-state index contributed by atoms with van der Waals surface area (Å²) in [5, 5.41) is 9.19. The van der Waals surface area contributed by atoms with E-state index in [1.54, 1.807) is 12.1 Å². The molecule has 1 aromatic rings. The maximum atomic E-state index is 10.6. The molecule has 0 saturated carbocycles. The van der Waals surface area contributed by atoms with Crippen molar-refractivity contribution in [2.45, 2.75) is 6.04 Å². The van der Waals surface area contributed by atoms with Crippen LogP contribution in [-0.2, 0) is 4.79 Å². The summed E-state index contributed by atoms with van der Waals surface area (Å²) < 4.78 is 4.97. The normalized spacial score (nSPS) is 12.2. The van der Waals surface area contributed by atoms with Crippen LogP contribution in [0.15, 0.2) is 18.2 Å². The SMILES string of the molecule is COc1cc(Cl)ccc1C(N)C(=O)O. The average molecular weight is 216 g/mol. The third kappa shape index (κ3) is 2.16. The van der Waals surface area contributed by atoms with Crippen LogP contribution in [0.25, 0.3) is 0 Å². The molecule has 0 heterocycles. The molecule has 0 radical (unpaired) electrons. The Morgan fingerprint density at radius 2 is 2.29 bits per heavy atom. The van der Waals surface area contributed by atoms with Crippen molar-refractivity contribution in [3.63, 3.8) is 0 Å². The first kappa shape index (κ1) is 10.8. The number of nitrogens with two attached hydrogens (primary N) is 1. The lowest BCUT2D eigenvalue weighted by Crippen LogP contribution is -2.21. The van der Waals surface area contributed by atoms with Gasteiger partial charge < -0.3 is 15.6 Å². The van der Waals surface area contributed by atoms with Gasteiger partial charge >= 0.3 is 5.97 Å². The molecule has 14 heavy (non-hydrogen) atoms. The molecular weight excluding hydrogens is 206 g/mol. The molecule has 1 atom stereocenters. The summed E-state index contributed by atoms with van der Waals surface area (Å²) >= 11 is 5.71. The van der Waals surface area contributed by atoms with Gasteiger partial charge in [-0.2, -0.15) is 0 Å². The Morgan fingerprint density at radius 3 is 2.79 bits per heavy atom. The van der Waals surface area contributed by atoms with Crippen molar-refractivity contribution >= 4 is 17.6 Å². The van der Waals surface area contributed by atoms with Gasteiger partial charge in [-0.3, -0.25) is 4.79 Å². The van der Waals surface area contributed by atoms with Crippen molar-refractivity contribution < 1.29 is 14.6 Å². The standard InChI is InChI=1S/C9H10ClNO3/c1-14-7-4-5(10)2-3-6(7)8(11)9(12)13/h2-4,8H,11H2,1H3,(H,12,13). The largest absolute Gasteiger partial charge is 0.496 e. The minimum absolute atomic E-state index is 0.382. The summed E-state index contributed by atoms with van der Waals surface area (Å²) in [6, 6.07) is 3.55. The quantitative estimate of drug-likeness (QED) is 0.800. The number of carboxylic acid groups (broad SMARTS) is 1. The fourth-order valence-electron chi connectivity index (χ4n) is 1.07. The monoisotopic (exact) mass is 215 g/mol. The smallest absolute Gasteiger partial charge is 0.325 e. The molecule has 76 valence electrons. The summed E-state index contributed by atoms with van der Waals surface area (Å²) in [5.41, 5.74) is 5.85. The molecule has 0 aromatic heterocycles. The van der Waals surface area contributed by atoms with Crippen molar-refractivity contribution in [3.8, 4) is 5.75 Å². The van der Waals surface area contributed by atoms with E-state index in [9.17, 15) is 4.79 Å². The Balaban J connectivity index is 3.13. The number of hydrogen-bond acceptors (Lipinski definition) is 3. The van der Waals surface area contributed by atoms with E-state index in [1.807, 2.05) is 0 Å². The van der Waals surface area contributed by atoms with Crippen molar-refractivity contribution in [1.82, 2.24) is 0 Å². The van der Waals surface area contributed by atoms with E-state index in [0.29, 0.717) is 16.3 Å². The second-order valence-electron chi connectivity index (χ2n) is 2.70. The third-order valence-electron chi connectivity index (χ3n) is 1.80. The number of carbonyl (C=O) groups is 1. The van der Waals surface area contributed by atoms with Crippen LogP contribution in [0.5, 0.6) is 5.75 Å². The Kier molecular flexibility index (Phi) is 3.33.